The molecule has 2 heterocycles. The highest BCUT2D eigenvalue weighted by Gasteiger charge is 2.40. The van der Waals surface area contributed by atoms with E-state index < -0.39 is 0 Å². The third-order valence-corrected chi connectivity index (χ3v) is 4.30. The maximum Gasteiger partial charge on any atom is 0.249 e. The van der Waals surface area contributed by atoms with Crippen molar-refractivity contribution in [2.24, 2.45) is 0 Å². The monoisotopic (exact) mass is 288 g/mol. The lowest BCUT2D eigenvalue weighted by atomic mass is 10.1. The summed E-state index contributed by atoms with van der Waals surface area (Å²) in [5.74, 6) is 0.773. The number of anilines is 1. The maximum atomic E-state index is 12.8. The Morgan fingerprint density at radius 1 is 1.24 bits per heavy atom. The molecule has 2 saturated heterocycles. The lowest BCUT2D eigenvalue weighted by Gasteiger charge is -2.26. The highest BCUT2D eigenvalue weighted by atomic mass is 16.5. The molecule has 0 radical (unpaired) electrons. The molecular weight excluding hydrogens is 268 g/mol. The topological polar surface area (TPSA) is 49.9 Å². The van der Waals surface area contributed by atoms with Crippen LogP contribution in [-0.4, -0.2) is 43.0 Å². The van der Waals surface area contributed by atoms with Gasteiger partial charge in [0.05, 0.1) is 12.8 Å². The van der Waals surface area contributed by atoms with E-state index >= 15 is 0 Å². The first-order valence-corrected chi connectivity index (χ1v) is 7.37. The number of amides is 2. The van der Waals surface area contributed by atoms with Gasteiger partial charge in [-0.05, 0) is 37.5 Å². The highest BCUT2D eigenvalue weighted by molar-refractivity contribution is 6.02. The minimum atomic E-state index is -0.301. The van der Waals surface area contributed by atoms with Crippen molar-refractivity contribution >= 4 is 17.5 Å². The van der Waals surface area contributed by atoms with Crippen LogP contribution in [0.3, 0.4) is 0 Å². The molecule has 2 fully saturated rings. The molecule has 1 atom stereocenters. The second-order valence-corrected chi connectivity index (χ2v) is 5.66. The Bertz CT molecular complexity index is 585. The number of ether oxygens (including phenoxy) is 1. The summed E-state index contributed by atoms with van der Waals surface area (Å²) < 4.78 is 5.39. The summed E-state index contributed by atoms with van der Waals surface area (Å²) in [5, 5.41) is 0. The zero-order valence-electron chi connectivity index (χ0n) is 12.5. The van der Waals surface area contributed by atoms with Gasteiger partial charge in [0.2, 0.25) is 11.8 Å². The van der Waals surface area contributed by atoms with E-state index in [1.165, 1.54) is 0 Å². The molecule has 21 heavy (non-hydrogen) atoms. The highest BCUT2D eigenvalue weighted by Crippen LogP contribution is 2.33. The summed E-state index contributed by atoms with van der Waals surface area (Å²) in [7, 11) is 1.60. The molecule has 1 aromatic carbocycles. The molecule has 0 N–H and O–H groups in total. The van der Waals surface area contributed by atoms with E-state index in [1.807, 2.05) is 25.1 Å². The molecule has 112 valence electrons. The molecule has 5 nitrogen and oxygen atoms in total. The molecule has 0 saturated carbocycles. The van der Waals surface area contributed by atoms with Crippen molar-refractivity contribution in [1.29, 1.82) is 0 Å². The van der Waals surface area contributed by atoms with E-state index in [0.29, 0.717) is 25.3 Å². The van der Waals surface area contributed by atoms with Gasteiger partial charge >= 0.3 is 0 Å². The van der Waals surface area contributed by atoms with Gasteiger partial charge in [-0.25, -0.2) is 0 Å². The summed E-state index contributed by atoms with van der Waals surface area (Å²) in [6, 6.07) is 5.48. The Balaban J connectivity index is 2.00. The molecule has 2 amide bonds. The molecular formula is C16H20N2O3. The number of aryl methyl sites for hydroxylation is 1. The zero-order valence-corrected chi connectivity index (χ0v) is 12.5. The van der Waals surface area contributed by atoms with Crippen LogP contribution < -0.4 is 9.64 Å². The van der Waals surface area contributed by atoms with Crippen molar-refractivity contribution in [1.82, 2.24) is 4.90 Å². The number of hydrogen-bond donors (Lipinski definition) is 0. The number of rotatable bonds is 2. The molecule has 0 spiro atoms. The second-order valence-electron chi connectivity index (χ2n) is 5.66. The third-order valence-electron chi connectivity index (χ3n) is 4.30. The van der Waals surface area contributed by atoms with Crippen molar-refractivity contribution in [2.45, 2.75) is 32.2 Å². The van der Waals surface area contributed by atoms with Crippen LogP contribution in [0.5, 0.6) is 5.75 Å². The minimum absolute atomic E-state index is 0.0160. The smallest absolute Gasteiger partial charge is 0.249 e. The van der Waals surface area contributed by atoms with Crippen molar-refractivity contribution < 1.29 is 14.3 Å². The van der Waals surface area contributed by atoms with Gasteiger partial charge in [0, 0.05) is 19.5 Å². The Morgan fingerprint density at radius 3 is 2.81 bits per heavy atom. The molecule has 0 aliphatic carbocycles. The molecule has 0 aromatic heterocycles. The average Bonchev–Trinajstić information content (AvgIpc) is 2.93. The second kappa shape index (κ2) is 5.39. The van der Waals surface area contributed by atoms with Gasteiger partial charge in [-0.1, -0.05) is 6.07 Å². The first-order valence-electron chi connectivity index (χ1n) is 7.37. The standard InChI is InChI=1S/C16H20N2O3/c1-11-5-6-14(21-2)13(10-11)18-9-7-15(19)17-8-3-4-12(17)16(18)20/h5-6,10,12H,3-4,7-9H2,1-2H3. The fraction of sp³-hybridized carbons (Fsp3) is 0.500. The molecule has 5 heteroatoms. The Labute approximate surface area is 124 Å². The van der Waals surface area contributed by atoms with E-state index in [9.17, 15) is 9.59 Å². The summed E-state index contributed by atoms with van der Waals surface area (Å²) in [6.45, 7) is 3.11. The molecule has 0 bridgehead atoms. The van der Waals surface area contributed by atoms with Gasteiger partial charge in [-0.3, -0.25) is 9.59 Å². The number of hydrogen-bond acceptors (Lipinski definition) is 3. The maximum absolute atomic E-state index is 12.8. The molecule has 1 aromatic rings. The van der Waals surface area contributed by atoms with Crippen LogP contribution in [0, 0.1) is 6.92 Å². The zero-order chi connectivity index (χ0) is 15.0. The molecule has 2 aliphatic rings. The SMILES string of the molecule is COc1ccc(C)cc1N1CCC(=O)N2CCCC2C1=O. The van der Waals surface area contributed by atoms with E-state index in [-0.39, 0.29) is 17.9 Å². The first kappa shape index (κ1) is 13.9. The minimum Gasteiger partial charge on any atom is -0.495 e. The number of carbonyl (C=O) groups excluding carboxylic acids is 2. The predicted octanol–water partition coefficient (Wildman–Crippen LogP) is 1.73. The number of benzene rings is 1. The van der Waals surface area contributed by atoms with E-state index in [4.69, 9.17) is 4.74 Å². The lowest BCUT2D eigenvalue weighted by molar-refractivity contribution is -0.135. The van der Waals surface area contributed by atoms with E-state index in [2.05, 4.69) is 0 Å². The number of nitrogens with zero attached hydrogens (tertiary/aromatic N) is 2. The van der Waals surface area contributed by atoms with Gasteiger partial charge in [0.15, 0.2) is 0 Å². The summed E-state index contributed by atoms with van der Waals surface area (Å²) in [4.78, 5) is 28.4. The Hall–Kier alpha value is -2.04. The van der Waals surface area contributed by atoms with Crippen LogP contribution in [0.15, 0.2) is 18.2 Å². The van der Waals surface area contributed by atoms with Gasteiger partial charge < -0.3 is 14.5 Å². The van der Waals surface area contributed by atoms with Gasteiger partial charge in [0.25, 0.3) is 0 Å². The number of carbonyl (C=O) groups is 2. The lowest BCUT2D eigenvalue weighted by Crippen LogP contribution is -2.43. The van der Waals surface area contributed by atoms with Crippen molar-refractivity contribution in [2.75, 3.05) is 25.1 Å². The molecule has 3 rings (SSSR count). The summed E-state index contributed by atoms with van der Waals surface area (Å²) in [6.07, 6.45) is 2.04. The van der Waals surface area contributed by atoms with Gasteiger partial charge in [-0.2, -0.15) is 0 Å². The fourth-order valence-corrected chi connectivity index (χ4v) is 3.21. The molecule has 1 unspecified atom stereocenters. The fourth-order valence-electron chi connectivity index (χ4n) is 3.21. The van der Waals surface area contributed by atoms with Crippen LogP contribution >= 0.6 is 0 Å². The number of methoxy groups -OCH3 is 1. The summed E-state index contributed by atoms with van der Waals surface area (Å²) in [5.41, 5.74) is 1.83. The quantitative estimate of drug-likeness (QED) is 0.833. The van der Waals surface area contributed by atoms with Gasteiger partial charge in [-0.15, -0.1) is 0 Å². The predicted molar refractivity (Wildman–Crippen MR) is 79.4 cm³/mol. The van der Waals surface area contributed by atoms with Crippen LogP contribution in [0.25, 0.3) is 0 Å². The largest absolute Gasteiger partial charge is 0.495 e. The average molecular weight is 288 g/mol. The Morgan fingerprint density at radius 2 is 2.05 bits per heavy atom. The van der Waals surface area contributed by atoms with Crippen LogP contribution in [0.1, 0.15) is 24.8 Å². The van der Waals surface area contributed by atoms with Gasteiger partial charge in [0.1, 0.15) is 11.8 Å². The number of fused-ring (bicyclic) bond motifs is 1. The molecule has 2 aliphatic heterocycles. The van der Waals surface area contributed by atoms with Crippen molar-refractivity contribution in [3.05, 3.63) is 23.8 Å². The first-order chi connectivity index (χ1) is 10.1. The van der Waals surface area contributed by atoms with Crippen molar-refractivity contribution in [3.63, 3.8) is 0 Å². The van der Waals surface area contributed by atoms with Crippen molar-refractivity contribution in [3.8, 4) is 5.75 Å². The van der Waals surface area contributed by atoms with Crippen LogP contribution in [0.4, 0.5) is 5.69 Å². The van der Waals surface area contributed by atoms with E-state index in [0.717, 1.165) is 24.1 Å². The Kier molecular flexibility index (Phi) is 3.57. The van der Waals surface area contributed by atoms with E-state index in [1.54, 1.807) is 16.9 Å². The summed E-state index contributed by atoms with van der Waals surface area (Å²) >= 11 is 0. The van der Waals surface area contributed by atoms with Crippen LogP contribution in [-0.2, 0) is 9.59 Å². The normalized spacial score (nSPS) is 22.3. The third kappa shape index (κ3) is 2.37. The van der Waals surface area contributed by atoms with Crippen LogP contribution in [0.2, 0.25) is 0 Å².